The van der Waals surface area contributed by atoms with Crippen molar-refractivity contribution in [1.82, 2.24) is 15.0 Å². The first-order valence-electron chi connectivity index (χ1n) is 7.44. The van der Waals surface area contributed by atoms with Crippen LogP contribution in [-0.4, -0.2) is 29.2 Å². The van der Waals surface area contributed by atoms with Gasteiger partial charge in [-0.3, -0.25) is 4.79 Å². The number of para-hydroxylation sites is 2. The van der Waals surface area contributed by atoms with Crippen molar-refractivity contribution >= 4 is 21.9 Å². The van der Waals surface area contributed by atoms with Crippen LogP contribution >= 0.6 is 0 Å². The summed E-state index contributed by atoms with van der Waals surface area (Å²) < 4.78 is 10.6. The van der Waals surface area contributed by atoms with Gasteiger partial charge in [0, 0.05) is 11.5 Å². The number of nitrogens with one attached hydrogen (secondary N) is 2. The molecule has 2 aromatic heterocycles. The van der Waals surface area contributed by atoms with Crippen LogP contribution in [0.1, 0.15) is 0 Å². The largest absolute Gasteiger partial charge is 0.493 e. The van der Waals surface area contributed by atoms with Crippen LogP contribution in [0.15, 0.2) is 47.3 Å². The van der Waals surface area contributed by atoms with Crippen LogP contribution in [0, 0.1) is 0 Å². The van der Waals surface area contributed by atoms with Crippen molar-refractivity contribution in [3.63, 3.8) is 0 Å². The lowest BCUT2D eigenvalue weighted by Gasteiger charge is -2.09. The zero-order valence-corrected chi connectivity index (χ0v) is 13.2. The number of imidazole rings is 1. The highest BCUT2D eigenvalue weighted by atomic mass is 16.5. The second kappa shape index (κ2) is 5.42. The molecule has 6 heteroatoms. The molecule has 0 saturated carbocycles. The van der Waals surface area contributed by atoms with Crippen LogP contribution in [0.5, 0.6) is 11.5 Å². The van der Waals surface area contributed by atoms with Gasteiger partial charge in [-0.05, 0) is 24.3 Å². The normalized spacial score (nSPS) is 11.1. The highest BCUT2D eigenvalue weighted by Gasteiger charge is 2.13. The third kappa shape index (κ3) is 2.20. The predicted molar refractivity (Wildman–Crippen MR) is 92.8 cm³/mol. The van der Waals surface area contributed by atoms with E-state index in [0.717, 1.165) is 16.4 Å². The van der Waals surface area contributed by atoms with E-state index in [2.05, 4.69) is 15.0 Å². The molecule has 2 N–H and O–H groups in total. The predicted octanol–water partition coefficient (Wildman–Crippen LogP) is 3.09. The topological polar surface area (TPSA) is 80.0 Å². The maximum Gasteiger partial charge on any atom is 0.259 e. The van der Waals surface area contributed by atoms with E-state index in [-0.39, 0.29) is 5.56 Å². The fourth-order valence-corrected chi connectivity index (χ4v) is 2.79. The van der Waals surface area contributed by atoms with Gasteiger partial charge in [0.2, 0.25) is 0 Å². The van der Waals surface area contributed by atoms with Crippen molar-refractivity contribution in [3.05, 3.63) is 52.8 Å². The number of nitrogens with zero attached hydrogens (tertiary/aromatic N) is 1. The Hall–Kier alpha value is -3.28. The molecule has 0 aliphatic rings. The molecule has 24 heavy (non-hydrogen) atoms. The molecular weight excluding hydrogens is 306 g/mol. The number of benzene rings is 2. The third-order valence-corrected chi connectivity index (χ3v) is 3.99. The van der Waals surface area contributed by atoms with Gasteiger partial charge >= 0.3 is 0 Å². The van der Waals surface area contributed by atoms with Crippen molar-refractivity contribution in [1.29, 1.82) is 0 Å². The van der Waals surface area contributed by atoms with Gasteiger partial charge in [-0.2, -0.15) is 0 Å². The first-order chi connectivity index (χ1) is 11.7. The fourth-order valence-electron chi connectivity index (χ4n) is 2.79. The number of fused-ring (bicyclic) bond motifs is 2. The van der Waals surface area contributed by atoms with Gasteiger partial charge in [0.15, 0.2) is 11.5 Å². The van der Waals surface area contributed by atoms with E-state index in [1.54, 1.807) is 26.4 Å². The molecule has 0 radical (unpaired) electrons. The van der Waals surface area contributed by atoms with E-state index in [4.69, 9.17) is 9.47 Å². The van der Waals surface area contributed by atoms with Crippen molar-refractivity contribution < 1.29 is 9.47 Å². The molecule has 2 aromatic carbocycles. The Morgan fingerprint density at radius 2 is 1.67 bits per heavy atom. The summed E-state index contributed by atoms with van der Waals surface area (Å²) in [5, 5.41) is 0.836. The van der Waals surface area contributed by atoms with Crippen LogP contribution in [0.25, 0.3) is 33.3 Å². The summed E-state index contributed by atoms with van der Waals surface area (Å²) in [5.41, 5.74) is 2.65. The molecule has 120 valence electrons. The second-order valence-corrected chi connectivity index (χ2v) is 5.41. The molecule has 0 unspecified atom stereocenters. The van der Waals surface area contributed by atoms with Crippen LogP contribution in [0.2, 0.25) is 0 Å². The van der Waals surface area contributed by atoms with E-state index in [1.165, 1.54) is 0 Å². The zero-order valence-electron chi connectivity index (χ0n) is 13.2. The molecule has 2 heterocycles. The second-order valence-electron chi connectivity index (χ2n) is 5.41. The number of ether oxygens (including phenoxy) is 2. The lowest BCUT2D eigenvalue weighted by Crippen LogP contribution is -2.09. The monoisotopic (exact) mass is 321 g/mol. The molecule has 4 rings (SSSR count). The van der Waals surface area contributed by atoms with E-state index < -0.39 is 0 Å². The number of hydrogen-bond donors (Lipinski definition) is 2. The highest BCUT2D eigenvalue weighted by Crippen LogP contribution is 2.32. The smallest absolute Gasteiger partial charge is 0.259 e. The van der Waals surface area contributed by atoms with Crippen LogP contribution in [0.3, 0.4) is 0 Å². The molecule has 0 bridgehead atoms. The van der Waals surface area contributed by atoms with Crippen molar-refractivity contribution in [2.24, 2.45) is 0 Å². The maximum atomic E-state index is 12.5. The van der Waals surface area contributed by atoms with Crippen molar-refractivity contribution in [2.45, 2.75) is 0 Å². The minimum absolute atomic E-state index is 0.214. The van der Waals surface area contributed by atoms with Gasteiger partial charge in [-0.15, -0.1) is 0 Å². The van der Waals surface area contributed by atoms with E-state index in [9.17, 15) is 4.79 Å². The number of aromatic amines is 2. The Morgan fingerprint density at radius 1 is 0.917 bits per heavy atom. The van der Waals surface area contributed by atoms with E-state index in [0.29, 0.717) is 28.4 Å². The molecule has 0 saturated heterocycles. The molecule has 0 spiro atoms. The van der Waals surface area contributed by atoms with Crippen LogP contribution in [0.4, 0.5) is 0 Å². The first-order valence-corrected chi connectivity index (χ1v) is 7.44. The standard InChI is InChI=1S/C18H15N3O3/c1-23-15-8-10-7-11(18(22)21-14(10)9-16(15)24-2)17-19-12-5-3-4-6-13(12)20-17/h3-9H,1-2H3,(H,19,20)(H,21,22). The van der Waals surface area contributed by atoms with Gasteiger partial charge in [0.25, 0.3) is 5.56 Å². The molecular formula is C18H15N3O3. The summed E-state index contributed by atoms with van der Waals surface area (Å²) >= 11 is 0. The Balaban J connectivity index is 1.95. The summed E-state index contributed by atoms with van der Waals surface area (Å²) in [4.78, 5) is 23.0. The Labute approximate surface area is 137 Å². The van der Waals surface area contributed by atoms with Gasteiger partial charge in [0.1, 0.15) is 5.82 Å². The number of pyridine rings is 1. The van der Waals surface area contributed by atoms with E-state index in [1.807, 2.05) is 30.3 Å². The lowest BCUT2D eigenvalue weighted by atomic mass is 10.1. The first kappa shape index (κ1) is 14.3. The quantitative estimate of drug-likeness (QED) is 0.607. The Morgan fingerprint density at radius 3 is 2.42 bits per heavy atom. The summed E-state index contributed by atoms with van der Waals surface area (Å²) in [6.45, 7) is 0. The highest BCUT2D eigenvalue weighted by molar-refractivity contribution is 5.87. The minimum Gasteiger partial charge on any atom is -0.493 e. The molecule has 0 aliphatic heterocycles. The average Bonchev–Trinajstić information content (AvgIpc) is 3.03. The summed E-state index contributed by atoms with van der Waals surface area (Å²) in [6.07, 6.45) is 0. The summed E-state index contributed by atoms with van der Waals surface area (Å²) in [6, 6.07) is 13.0. The lowest BCUT2D eigenvalue weighted by molar-refractivity contribution is 0.356. The molecule has 6 nitrogen and oxygen atoms in total. The number of aromatic nitrogens is 3. The van der Waals surface area contributed by atoms with Gasteiger partial charge in [-0.1, -0.05) is 12.1 Å². The average molecular weight is 321 g/mol. The molecule has 0 fully saturated rings. The minimum atomic E-state index is -0.214. The fraction of sp³-hybridized carbons (Fsp3) is 0.111. The van der Waals surface area contributed by atoms with Gasteiger partial charge < -0.3 is 19.4 Å². The number of hydrogen-bond acceptors (Lipinski definition) is 4. The summed E-state index contributed by atoms with van der Waals surface area (Å²) in [5.74, 6) is 1.71. The maximum absolute atomic E-state index is 12.5. The molecule has 0 atom stereocenters. The van der Waals surface area contributed by atoms with Gasteiger partial charge in [0.05, 0.1) is 36.3 Å². The molecule has 4 aromatic rings. The SMILES string of the molecule is COc1cc2cc(-c3nc4ccccc4[nH]3)c(=O)[nH]c2cc1OC. The molecule has 0 amide bonds. The van der Waals surface area contributed by atoms with Crippen LogP contribution in [-0.2, 0) is 0 Å². The summed E-state index contributed by atoms with van der Waals surface area (Å²) in [7, 11) is 3.14. The molecule has 0 aliphatic carbocycles. The Bertz CT molecular complexity index is 1080. The van der Waals surface area contributed by atoms with E-state index >= 15 is 0 Å². The zero-order chi connectivity index (χ0) is 16.7. The third-order valence-electron chi connectivity index (χ3n) is 3.99. The number of H-pyrrole nitrogens is 2. The van der Waals surface area contributed by atoms with Gasteiger partial charge in [-0.25, -0.2) is 4.98 Å². The number of rotatable bonds is 3. The number of methoxy groups -OCH3 is 2. The Kier molecular flexibility index (Phi) is 3.23. The van der Waals surface area contributed by atoms with Crippen molar-refractivity contribution in [2.75, 3.05) is 14.2 Å². The van der Waals surface area contributed by atoms with Crippen LogP contribution < -0.4 is 15.0 Å². The van der Waals surface area contributed by atoms with Crippen molar-refractivity contribution in [3.8, 4) is 22.9 Å².